The lowest BCUT2D eigenvalue weighted by molar-refractivity contribution is -0.385. The van der Waals surface area contributed by atoms with Crippen molar-refractivity contribution in [1.29, 1.82) is 0 Å². The highest BCUT2D eigenvalue weighted by atomic mass is 32.1. The number of hydrogen-bond donors (Lipinski definition) is 3. The molecule has 1 aromatic carbocycles. The average molecular weight is 359 g/mol. The van der Waals surface area contributed by atoms with Crippen molar-refractivity contribution in [2.24, 2.45) is 0 Å². The molecule has 10 heteroatoms. The predicted octanol–water partition coefficient (Wildman–Crippen LogP) is 1.25. The minimum Gasteiger partial charge on any atom is -0.298 e. The maximum atomic E-state index is 12.2. The van der Waals surface area contributed by atoms with Crippen LogP contribution in [0.4, 0.5) is 5.69 Å². The van der Waals surface area contributed by atoms with Gasteiger partial charge in [-0.3, -0.25) is 40.9 Å². The van der Waals surface area contributed by atoms with Crippen LogP contribution in [0.3, 0.4) is 0 Å². The molecule has 9 nitrogen and oxygen atoms in total. The third-order valence-corrected chi connectivity index (χ3v) is 3.41. The molecule has 0 atom stereocenters. The number of nitro groups is 1. The quantitative estimate of drug-likeness (QED) is 0.428. The van der Waals surface area contributed by atoms with E-state index in [1.165, 1.54) is 49.6 Å². The number of hydrazine groups is 1. The monoisotopic (exact) mass is 359 g/mol. The highest BCUT2D eigenvalue weighted by molar-refractivity contribution is 7.80. The van der Waals surface area contributed by atoms with Gasteiger partial charge in [-0.25, -0.2) is 0 Å². The van der Waals surface area contributed by atoms with Crippen LogP contribution in [0, 0.1) is 17.0 Å². The van der Waals surface area contributed by atoms with Gasteiger partial charge in [-0.05, 0) is 37.3 Å². The van der Waals surface area contributed by atoms with Gasteiger partial charge in [0.1, 0.15) is 0 Å². The summed E-state index contributed by atoms with van der Waals surface area (Å²) in [6.45, 7) is 1.47. The van der Waals surface area contributed by atoms with E-state index >= 15 is 0 Å². The van der Waals surface area contributed by atoms with E-state index in [0.29, 0.717) is 5.56 Å². The smallest absolute Gasteiger partial charge is 0.273 e. The fourth-order valence-electron chi connectivity index (χ4n) is 1.96. The van der Waals surface area contributed by atoms with Crippen molar-refractivity contribution < 1.29 is 14.5 Å². The molecule has 0 unspecified atom stereocenters. The molecule has 0 bridgehead atoms. The Morgan fingerprint density at radius 2 is 1.80 bits per heavy atom. The first-order chi connectivity index (χ1) is 11.9. The lowest BCUT2D eigenvalue weighted by atomic mass is 10.1. The first-order valence-corrected chi connectivity index (χ1v) is 7.36. The van der Waals surface area contributed by atoms with E-state index in [9.17, 15) is 19.7 Å². The van der Waals surface area contributed by atoms with E-state index in [-0.39, 0.29) is 21.9 Å². The van der Waals surface area contributed by atoms with Crippen molar-refractivity contribution in [2.45, 2.75) is 6.92 Å². The van der Waals surface area contributed by atoms with Gasteiger partial charge in [0.2, 0.25) is 0 Å². The second-order valence-electron chi connectivity index (χ2n) is 4.81. The summed E-state index contributed by atoms with van der Waals surface area (Å²) in [5.41, 5.74) is 5.21. The van der Waals surface area contributed by atoms with Crippen LogP contribution in [0.25, 0.3) is 0 Å². The van der Waals surface area contributed by atoms with Gasteiger partial charge in [0.25, 0.3) is 17.5 Å². The van der Waals surface area contributed by atoms with Crippen LogP contribution in [0.5, 0.6) is 0 Å². The Kier molecular flexibility index (Phi) is 5.69. The molecule has 0 saturated heterocycles. The highest BCUT2D eigenvalue weighted by Gasteiger charge is 2.18. The minimum absolute atomic E-state index is 0.110. The Morgan fingerprint density at radius 1 is 1.12 bits per heavy atom. The minimum atomic E-state index is -0.628. The molecule has 0 aliphatic heterocycles. The largest absolute Gasteiger partial charge is 0.298 e. The summed E-state index contributed by atoms with van der Waals surface area (Å²) in [7, 11) is 0. The third kappa shape index (κ3) is 4.54. The van der Waals surface area contributed by atoms with E-state index in [1.807, 2.05) is 0 Å². The lowest BCUT2D eigenvalue weighted by Crippen LogP contribution is -2.48. The number of nitrogens with one attached hydrogen (secondary N) is 3. The fraction of sp³-hybridized carbons (Fsp3) is 0.0667. The molecule has 0 fully saturated rings. The molecular weight excluding hydrogens is 346 g/mol. The van der Waals surface area contributed by atoms with Gasteiger partial charge in [-0.1, -0.05) is 6.07 Å². The number of benzene rings is 1. The molecule has 0 radical (unpaired) electrons. The van der Waals surface area contributed by atoms with E-state index in [1.54, 1.807) is 0 Å². The number of nitrogens with zero attached hydrogens (tertiary/aromatic N) is 2. The van der Waals surface area contributed by atoms with Crippen LogP contribution in [0.2, 0.25) is 0 Å². The van der Waals surface area contributed by atoms with Gasteiger partial charge in [-0.2, -0.15) is 0 Å². The van der Waals surface area contributed by atoms with Crippen LogP contribution in [0.1, 0.15) is 26.3 Å². The first kappa shape index (κ1) is 17.9. The normalized spacial score (nSPS) is 9.80. The maximum Gasteiger partial charge on any atom is 0.273 e. The van der Waals surface area contributed by atoms with Gasteiger partial charge < -0.3 is 0 Å². The zero-order chi connectivity index (χ0) is 18.4. The van der Waals surface area contributed by atoms with Crippen molar-refractivity contribution in [3.05, 3.63) is 69.5 Å². The molecule has 128 valence electrons. The fourth-order valence-corrected chi connectivity index (χ4v) is 2.10. The van der Waals surface area contributed by atoms with Gasteiger partial charge in [0.05, 0.1) is 4.92 Å². The van der Waals surface area contributed by atoms with Crippen LogP contribution >= 0.6 is 12.2 Å². The lowest BCUT2D eigenvalue weighted by Gasteiger charge is -2.11. The number of nitro benzene ring substituents is 1. The molecule has 2 aromatic rings. The zero-order valence-electron chi connectivity index (χ0n) is 13.0. The van der Waals surface area contributed by atoms with E-state index in [2.05, 4.69) is 21.2 Å². The molecule has 1 aromatic heterocycles. The Morgan fingerprint density at radius 3 is 2.44 bits per heavy atom. The zero-order valence-corrected chi connectivity index (χ0v) is 13.8. The summed E-state index contributed by atoms with van der Waals surface area (Å²) in [5.74, 6) is -1.10. The van der Waals surface area contributed by atoms with Crippen molar-refractivity contribution in [1.82, 2.24) is 21.2 Å². The summed E-state index contributed by atoms with van der Waals surface area (Å²) in [6, 6.07) is 7.16. The van der Waals surface area contributed by atoms with Crippen LogP contribution in [0.15, 0.2) is 42.7 Å². The number of amides is 2. The molecule has 1 heterocycles. The van der Waals surface area contributed by atoms with Crippen molar-refractivity contribution in [2.75, 3.05) is 0 Å². The van der Waals surface area contributed by atoms with Crippen LogP contribution in [-0.4, -0.2) is 26.8 Å². The van der Waals surface area contributed by atoms with Gasteiger partial charge in [0, 0.05) is 35.2 Å². The molecule has 0 spiro atoms. The summed E-state index contributed by atoms with van der Waals surface area (Å²) in [6.07, 6.45) is 2.92. The number of pyridine rings is 1. The molecule has 0 aliphatic rings. The Hall–Kier alpha value is -3.40. The number of rotatable bonds is 3. The number of hydrogen-bond acceptors (Lipinski definition) is 6. The predicted molar refractivity (Wildman–Crippen MR) is 92.7 cm³/mol. The second-order valence-corrected chi connectivity index (χ2v) is 5.21. The van der Waals surface area contributed by atoms with Gasteiger partial charge in [0.15, 0.2) is 5.11 Å². The van der Waals surface area contributed by atoms with E-state index in [4.69, 9.17) is 12.2 Å². The van der Waals surface area contributed by atoms with Gasteiger partial charge in [-0.15, -0.1) is 0 Å². The van der Waals surface area contributed by atoms with Crippen molar-refractivity contribution >= 4 is 34.8 Å². The topological polar surface area (TPSA) is 126 Å². The molecule has 0 aliphatic carbocycles. The van der Waals surface area contributed by atoms with Crippen molar-refractivity contribution in [3.63, 3.8) is 0 Å². The van der Waals surface area contributed by atoms with E-state index in [0.717, 1.165) is 0 Å². The standard InChI is InChI=1S/C15H13N5O4S/c1-9-11(3-2-4-12(9)20(23)24)14(22)17-15(25)19-18-13(21)10-5-7-16-8-6-10/h2-8H,1H3,(H,18,21)(H2,17,19,22,25). The number of thiocarbonyl (C=S) groups is 1. The van der Waals surface area contributed by atoms with Gasteiger partial charge >= 0.3 is 0 Å². The maximum absolute atomic E-state index is 12.2. The van der Waals surface area contributed by atoms with E-state index < -0.39 is 16.7 Å². The number of carbonyl (C=O) groups is 2. The Labute approximate surface area is 147 Å². The molecule has 3 N–H and O–H groups in total. The van der Waals surface area contributed by atoms with Crippen LogP contribution in [-0.2, 0) is 0 Å². The average Bonchev–Trinajstić information content (AvgIpc) is 2.60. The molecule has 2 amide bonds. The summed E-state index contributed by atoms with van der Waals surface area (Å²) >= 11 is 4.92. The summed E-state index contributed by atoms with van der Waals surface area (Å²) < 4.78 is 0. The highest BCUT2D eigenvalue weighted by Crippen LogP contribution is 2.20. The SMILES string of the molecule is Cc1c(C(=O)NC(=S)NNC(=O)c2ccncc2)cccc1[N+](=O)[O-]. The summed E-state index contributed by atoms with van der Waals surface area (Å²) in [4.78, 5) is 38.1. The van der Waals surface area contributed by atoms with Crippen molar-refractivity contribution in [3.8, 4) is 0 Å². The number of aromatic nitrogens is 1. The Balaban J connectivity index is 1.97. The third-order valence-electron chi connectivity index (χ3n) is 3.21. The second kappa shape index (κ2) is 7.93. The number of carbonyl (C=O) groups excluding carboxylic acids is 2. The molecule has 25 heavy (non-hydrogen) atoms. The molecular formula is C15H13N5O4S. The Bertz CT molecular complexity index is 841. The molecule has 0 saturated carbocycles. The first-order valence-electron chi connectivity index (χ1n) is 6.96. The molecule has 2 rings (SSSR count). The van der Waals surface area contributed by atoms with Crippen LogP contribution < -0.4 is 16.2 Å². The summed E-state index contributed by atoms with van der Waals surface area (Å²) in [5, 5.41) is 13.1.